The van der Waals surface area contributed by atoms with Crippen LogP contribution in [0.3, 0.4) is 0 Å². The molecule has 0 radical (unpaired) electrons. The monoisotopic (exact) mass is 390 g/mol. The number of benzene rings is 1. The van der Waals surface area contributed by atoms with Crippen LogP contribution >= 0.6 is 0 Å². The lowest BCUT2D eigenvalue weighted by Crippen LogP contribution is -2.41. The van der Waals surface area contributed by atoms with Crippen molar-refractivity contribution in [2.24, 2.45) is 11.3 Å². The molecule has 2 N–H and O–H groups in total. The number of nitrogens with zero attached hydrogens (tertiary/aromatic N) is 1. The first-order valence-electron chi connectivity index (χ1n) is 10.0. The van der Waals surface area contributed by atoms with Crippen LogP contribution in [0.5, 0.6) is 5.75 Å². The number of aliphatic carboxylic acids is 1. The maximum Gasteiger partial charge on any atom is 0.317 e. The zero-order chi connectivity index (χ0) is 20.1. The SMILES string of the molecule is CCOCCOc1cc(C)ccc1CNC(=O)N1C[C@@H]2CCC[C@@]2(C(=O)O)C1. The zero-order valence-corrected chi connectivity index (χ0v) is 16.7. The number of fused-ring (bicyclic) bond motifs is 1. The number of urea groups is 1. The van der Waals surface area contributed by atoms with Crippen molar-refractivity contribution in [3.63, 3.8) is 0 Å². The van der Waals surface area contributed by atoms with E-state index in [0.717, 1.165) is 29.7 Å². The number of carbonyl (C=O) groups is 2. The normalized spacial score (nSPS) is 23.5. The summed E-state index contributed by atoms with van der Waals surface area (Å²) in [4.78, 5) is 26.1. The summed E-state index contributed by atoms with van der Waals surface area (Å²) >= 11 is 0. The highest BCUT2D eigenvalue weighted by Crippen LogP contribution is 2.48. The molecule has 1 aliphatic heterocycles. The Morgan fingerprint density at radius 3 is 2.89 bits per heavy atom. The Morgan fingerprint density at radius 2 is 2.18 bits per heavy atom. The summed E-state index contributed by atoms with van der Waals surface area (Å²) in [6, 6.07) is 5.67. The molecule has 1 aromatic carbocycles. The lowest BCUT2D eigenvalue weighted by Gasteiger charge is -2.23. The van der Waals surface area contributed by atoms with Gasteiger partial charge >= 0.3 is 12.0 Å². The van der Waals surface area contributed by atoms with Crippen molar-refractivity contribution in [3.05, 3.63) is 29.3 Å². The molecule has 2 aliphatic rings. The molecule has 0 unspecified atom stereocenters. The van der Waals surface area contributed by atoms with Crippen molar-refractivity contribution in [1.82, 2.24) is 10.2 Å². The molecule has 7 heteroatoms. The molecule has 2 atom stereocenters. The molecule has 0 spiro atoms. The third kappa shape index (κ3) is 4.24. The number of carbonyl (C=O) groups excluding carboxylic acids is 1. The average Bonchev–Trinajstić information content (AvgIpc) is 3.23. The van der Waals surface area contributed by atoms with Gasteiger partial charge < -0.3 is 24.8 Å². The average molecular weight is 390 g/mol. The van der Waals surface area contributed by atoms with E-state index in [4.69, 9.17) is 9.47 Å². The summed E-state index contributed by atoms with van der Waals surface area (Å²) < 4.78 is 11.1. The molecule has 0 bridgehead atoms. The van der Waals surface area contributed by atoms with Gasteiger partial charge in [0.1, 0.15) is 12.4 Å². The molecule has 2 fully saturated rings. The van der Waals surface area contributed by atoms with E-state index in [-0.39, 0.29) is 11.9 Å². The van der Waals surface area contributed by atoms with Gasteiger partial charge in [0.15, 0.2) is 0 Å². The van der Waals surface area contributed by atoms with E-state index in [1.54, 1.807) is 4.90 Å². The van der Waals surface area contributed by atoms with Gasteiger partial charge in [0, 0.05) is 31.8 Å². The summed E-state index contributed by atoms with van der Waals surface area (Å²) in [5, 5.41) is 12.6. The van der Waals surface area contributed by atoms with E-state index in [9.17, 15) is 14.7 Å². The Labute approximate surface area is 166 Å². The predicted octanol–water partition coefficient (Wildman–Crippen LogP) is 2.81. The second kappa shape index (κ2) is 8.82. The second-order valence-electron chi connectivity index (χ2n) is 7.75. The Bertz CT molecular complexity index is 723. The second-order valence-corrected chi connectivity index (χ2v) is 7.75. The van der Waals surface area contributed by atoms with E-state index in [1.807, 2.05) is 32.0 Å². The molecule has 1 saturated carbocycles. The van der Waals surface area contributed by atoms with Crippen LogP contribution < -0.4 is 10.1 Å². The van der Waals surface area contributed by atoms with E-state index in [1.165, 1.54) is 0 Å². The van der Waals surface area contributed by atoms with Crippen LogP contribution in [-0.4, -0.2) is 54.9 Å². The van der Waals surface area contributed by atoms with Crippen molar-refractivity contribution in [2.45, 2.75) is 39.7 Å². The third-order valence-corrected chi connectivity index (χ3v) is 5.93. The molecule has 1 saturated heterocycles. The highest BCUT2D eigenvalue weighted by Gasteiger charge is 2.55. The fourth-order valence-corrected chi connectivity index (χ4v) is 4.37. The van der Waals surface area contributed by atoms with Gasteiger partial charge in [-0.25, -0.2) is 4.79 Å². The molecule has 7 nitrogen and oxygen atoms in total. The van der Waals surface area contributed by atoms with E-state index in [0.29, 0.717) is 45.9 Å². The number of carboxylic acids is 1. The number of carboxylic acid groups (broad SMARTS) is 1. The zero-order valence-electron chi connectivity index (χ0n) is 16.7. The van der Waals surface area contributed by atoms with Crippen LogP contribution in [0.1, 0.15) is 37.3 Å². The number of amides is 2. The molecule has 1 aliphatic carbocycles. The van der Waals surface area contributed by atoms with Crippen LogP contribution in [-0.2, 0) is 16.1 Å². The molecule has 28 heavy (non-hydrogen) atoms. The summed E-state index contributed by atoms with van der Waals surface area (Å²) in [7, 11) is 0. The van der Waals surface area contributed by atoms with Crippen LogP contribution in [0.4, 0.5) is 4.79 Å². The molecule has 1 heterocycles. The number of aryl methyl sites for hydroxylation is 1. The Morgan fingerprint density at radius 1 is 1.36 bits per heavy atom. The number of likely N-dealkylation sites (tertiary alicyclic amines) is 1. The van der Waals surface area contributed by atoms with Crippen molar-refractivity contribution >= 4 is 12.0 Å². The first-order valence-corrected chi connectivity index (χ1v) is 10.0. The number of rotatable bonds is 8. The minimum Gasteiger partial charge on any atom is -0.491 e. The van der Waals surface area contributed by atoms with Crippen molar-refractivity contribution in [2.75, 3.05) is 32.9 Å². The number of hydrogen-bond donors (Lipinski definition) is 2. The predicted molar refractivity (Wildman–Crippen MR) is 104 cm³/mol. The maximum absolute atomic E-state index is 12.7. The number of hydrogen-bond acceptors (Lipinski definition) is 4. The van der Waals surface area contributed by atoms with E-state index < -0.39 is 11.4 Å². The van der Waals surface area contributed by atoms with Gasteiger partial charge in [-0.3, -0.25) is 4.79 Å². The summed E-state index contributed by atoms with van der Waals surface area (Å²) in [5.74, 6) is 0.0294. The maximum atomic E-state index is 12.7. The summed E-state index contributed by atoms with van der Waals surface area (Å²) in [6.45, 7) is 6.70. The van der Waals surface area contributed by atoms with Gasteiger partial charge in [-0.1, -0.05) is 18.6 Å². The summed E-state index contributed by atoms with van der Waals surface area (Å²) in [6.07, 6.45) is 2.47. The van der Waals surface area contributed by atoms with Crippen molar-refractivity contribution in [1.29, 1.82) is 0 Å². The van der Waals surface area contributed by atoms with Gasteiger partial charge in [-0.2, -0.15) is 0 Å². The van der Waals surface area contributed by atoms with Gasteiger partial charge in [-0.05, 0) is 44.2 Å². The first kappa shape index (κ1) is 20.5. The standard InChI is InChI=1S/C21H30N2O5/c1-3-27-9-10-28-18-11-15(2)6-7-16(18)12-22-20(26)23-13-17-5-4-8-21(17,14-23)19(24)25/h6-7,11,17H,3-5,8-10,12-14H2,1-2H3,(H,22,26)(H,24,25)/t17-,21+/m0/s1. The van der Waals surface area contributed by atoms with Gasteiger partial charge in [-0.15, -0.1) is 0 Å². The largest absolute Gasteiger partial charge is 0.491 e. The fraction of sp³-hybridized carbons (Fsp3) is 0.619. The molecule has 154 valence electrons. The molecule has 2 amide bonds. The van der Waals surface area contributed by atoms with Crippen LogP contribution in [0.25, 0.3) is 0 Å². The van der Waals surface area contributed by atoms with Crippen LogP contribution in [0.15, 0.2) is 18.2 Å². The number of ether oxygens (including phenoxy) is 2. The van der Waals surface area contributed by atoms with Gasteiger partial charge in [0.25, 0.3) is 0 Å². The Hall–Kier alpha value is -2.28. The topological polar surface area (TPSA) is 88.1 Å². The highest BCUT2D eigenvalue weighted by atomic mass is 16.5. The molecule has 3 rings (SSSR count). The Kier molecular flexibility index (Phi) is 6.44. The summed E-state index contributed by atoms with van der Waals surface area (Å²) in [5.41, 5.74) is 1.22. The third-order valence-electron chi connectivity index (χ3n) is 5.93. The van der Waals surface area contributed by atoms with Gasteiger partial charge in [0.05, 0.1) is 12.0 Å². The van der Waals surface area contributed by atoms with E-state index >= 15 is 0 Å². The molecular formula is C21H30N2O5. The lowest BCUT2D eigenvalue weighted by atomic mass is 9.81. The molecule has 1 aromatic rings. The fourth-order valence-electron chi connectivity index (χ4n) is 4.37. The molecular weight excluding hydrogens is 360 g/mol. The van der Waals surface area contributed by atoms with Crippen LogP contribution in [0.2, 0.25) is 0 Å². The van der Waals surface area contributed by atoms with Crippen LogP contribution in [0, 0.1) is 18.3 Å². The smallest absolute Gasteiger partial charge is 0.317 e. The minimum atomic E-state index is -0.770. The lowest BCUT2D eigenvalue weighted by molar-refractivity contribution is -0.149. The first-order chi connectivity index (χ1) is 13.5. The highest BCUT2D eigenvalue weighted by molar-refractivity contribution is 5.80. The Balaban J connectivity index is 1.58. The van der Waals surface area contributed by atoms with Gasteiger partial charge in [0.2, 0.25) is 0 Å². The number of nitrogens with one attached hydrogen (secondary N) is 1. The minimum absolute atomic E-state index is 0.0626. The van der Waals surface area contributed by atoms with Crippen molar-refractivity contribution < 1.29 is 24.2 Å². The quantitative estimate of drug-likeness (QED) is 0.667. The van der Waals surface area contributed by atoms with Crippen molar-refractivity contribution in [3.8, 4) is 5.75 Å². The van der Waals surface area contributed by atoms with E-state index in [2.05, 4.69) is 5.32 Å². The molecule has 0 aromatic heterocycles.